The number of alkyl halides is 9. The Kier molecular flexibility index (Phi) is 18.9. The van der Waals surface area contributed by atoms with E-state index in [2.05, 4.69) is 15.0 Å². The van der Waals surface area contributed by atoms with Crippen molar-refractivity contribution in [3.05, 3.63) is 350 Å². The number of carbonyl (C=O) groups excluding carboxylic acids is 3. The summed E-state index contributed by atoms with van der Waals surface area (Å²) in [6.07, 6.45) is -27.9. The maximum absolute atomic E-state index is 15.3. The maximum Gasteiger partial charge on any atom is 0.416 e. The molecule has 762 valence electrons. The van der Waals surface area contributed by atoms with Crippen LogP contribution in [0.3, 0.4) is 0 Å². The van der Waals surface area contributed by atoms with Gasteiger partial charge in [-0.2, -0.15) is 54.5 Å². The van der Waals surface area contributed by atoms with Gasteiger partial charge in [0.05, 0.1) is 59.7 Å². The molecule has 144 heavy (non-hydrogen) atoms. The first-order valence-electron chi connectivity index (χ1n) is 72.5. The summed E-state index contributed by atoms with van der Waals surface area (Å²) in [5.74, 6) is -15.9. The van der Waals surface area contributed by atoms with Crippen LogP contribution in [0.5, 0.6) is 0 Å². The lowest BCUT2D eigenvalue weighted by Gasteiger charge is -2.33. The summed E-state index contributed by atoms with van der Waals surface area (Å²) in [6, 6.07) is -5.56. The predicted octanol–water partition coefficient (Wildman–Crippen LogP) is 22.7. The Hall–Kier alpha value is -11.9. The smallest absolute Gasteiger partial charge is 0.336 e. The number of rotatable bonds is 39. The molecule has 3 aliphatic rings. The molecule has 0 bridgehead atoms. The molecular weight excluding hydrogens is 1920 g/mol. The van der Waals surface area contributed by atoms with E-state index in [0.717, 1.165) is 110 Å². The van der Waals surface area contributed by atoms with Gasteiger partial charge in [0, 0.05) is 149 Å². The van der Waals surface area contributed by atoms with E-state index in [1.807, 2.05) is 0 Å². The van der Waals surface area contributed by atoms with Crippen LogP contribution in [-0.4, -0.2) is 154 Å². The number of carbonyl (C=O) groups is 3. The zero-order chi connectivity index (χ0) is 158. The number of nitrogens with zero attached hydrogens (tertiary/aromatic N) is 12. The van der Waals surface area contributed by atoms with Crippen LogP contribution >= 0.6 is 35.3 Å². The second-order valence-electron chi connectivity index (χ2n) is 29.6. The number of hydrogen-bond donors (Lipinski definition) is 0. The Labute approximate surface area is 930 Å². The predicted molar refractivity (Wildman–Crippen MR) is 544 cm³/mol. The highest BCUT2D eigenvalue weighted by Gasteiger charge is 2.36. The molecule has 0 N–H and O–H groups in total. The standard InChI is InChI=1S/3C37H40F4N4O2S/c2*1-4-43(5-2)18-19-44(22-26-6-10-28(11-7-26)29-12-14-30(15-13-29)37(39,40)41)34(46)23-45-33-21-25(3)20-32(33)35(47)42-36(45)48-24-27-8-16-31(38)17-9-27;1-4-43(5-2)21-22-44(25(3)27-11-13-28(14-12-27)29-15-17-30(18-16-29)37(39,40)41)34(46)23-45-33-8-6-7-32(33)35(47)42-36(45)48-24-26-9-19-31(38)20-10-26/h2*6-17,25H,4-5,18-24H2,1-3H3;9-20,25H,4-8,21-24H2,1-3H3/i4D2,5D2,6D,7D,10D,11D,12D,13D,14D,15D,18D2,19D2,20D2,21D2,22D2,24D2,25D;4D2,5D2,8D,9D,16D,17D,18D2,19D2,20D2,21D2,22D2,24D2,25D;4D2,5D2,9D,10D,19D,20D,21D2,22D2,24D2,25D. The quantitative estimate of drug-likeness (QED) is 0.0202. The fraction of sp³-hybridized carbons (Fsp3) is 0.378. The number of halogens is 12. The Morgan fingerprint density at radius 1 is 0.396 bits per heavy atom. The first-order valence-corrected chi connectivity index (χ1v) is 44.4. The van der Waals surface area contributed by atoms with Crippen LogP contribution in [0.4, 0.5) is 52.7 Å². The van der Waals surface area contributed by atoms with Gasteiger partial charge in [0.2, 0.25) is 17.7 Å². The van der Waals surface area contributed by atoms with Crippen molar-refractivity contribution in [2.45, 2.75) is 197 Å². The number of benzene rings is 9. The van der Waals surface area contributed by atoms with Crippen LogP contribution in [0.1, 0.15) is 242 Å². The summed E-state index contributed by atoms with van der Waals surface area (Å²) in [5.41, 5.74) is -29.4. The Morgan fingerprint density at radius 2 is 0.736 bits per heavy atom. The molecule has 0 saturated carbocycles. The first kappa shape index (κ1) is 54.0. The SMILES string of the molecule is [2H]c1c([2H])c(C(F)(F)F)c([2H])c([2H])c1-c1c([2H])c([2H])c(C([2H])([2H])N(C(=O)Cn2c(SC([2H])([2H])c3ccc(F)cc3)nc(=O)c3c2C([2H])([2H])C([2H])(C)C3([2H])[2H])C([2H])([2H])C([2H])([2H])N(C([2H])([2H])C)C([2H])([2H])C)c([2H])c1[2H].[2H]c1c([2H])c(C([2H])([2H])Sc2nc(=O)c3c(n2CC(=O)N(C([2H])(C)c2ccc(-c4ccc(C(F)(F)F)cc4)cc2)C([2H])([2H])C([2H])([2H])N(C([2H])([2H])C)C([2H])([2H])C)CCC3)c([2H])c([2H])c1F.[2H]c1c([2H])c(C([2H])([2H])Sc2nc(=O)c3c(n2CC(=O)N(C([2H])([2H])c2ccc(-c4ccc(C(F)(F)F)cc4)cc2)C([2H])([2H])C([2H])([2H])N(C([2H])([2H])C)C([2H])([2H])C)C([2H])([2H])C([2H])(C)C3([2H])[2H])c([2H])c([2H])c1F. The highest BCUT2D eigenvalue weighted by Crippen LogP contribution is 2.39. The molecule has 3 unspecified atom stereocenters. The van der Waals surface area contributed by atoms with E-state index >= 15 is 9.59 Å². The highest BCUT2D eigenvalue weighted by atomic mass is 32.2. The fourth-order valence-electron chi connectivity index (χ4n) is 13.2. The molecule has 33 heteroatoms. The minimum absolute atomic E-state index is 0.0421. The van der Waals surface area contributed by atoms with Gasteiger partial charge >= 0.3 is 18.5 Å². The summed E-state index contributed by atoms with van der Waals surface area (Å²) in [6.45, 7) is -51.0. The van der Waals surface area contributed by atoms with E-state index < -0.39 is 446 Å². The second kappa shape index (κ2) is 50.3. The van der Waals surface area contributed by atoms with Crippen LogP contribution in [0, 0.1) is 29.2 Å². The number of likely N-dealkylation sites (N-methyl/N-ethyl adjacent to an activating group) is 3. The molecule has 0 aliphatic heterocycles. The lowest BCUT2D eigenvalue weighted by atomic mass is 9.99. The van der Waals surface area contributed by atoms with E-state index in [-0.39, 0.29) is 99.9 Å². The summed E-state index contributed by atoms with van der Waals surface area (Å²) in [7, 11) is 0. The Morgan fingerprint density at radius 3 is 1.14 bits per heavy atom. The number of hydrogen-bond acceptors (Lipinski definition) is 15. The number of aromatic nitrogens is 6. The first-order chi connectivity index (χ1) is 91.9. The van der Waals surface area contributed by atoms with Gasteiger partial charge < -0.3 is 43.1 Å². The van der Waals surface area contributed by atoms with Crippen LogP contribution in [-0.2, 0) is 121 Å². The zero-order valence-electron chi connectivity index (χ0n) is 137. The highest BCUT2D eigenvalue weighted by molar-refractivity contribution is 7.98. The molecule has 18 nitrogen and oxygen atoms in total. The van der Waals surface area contributed by atoms with Crippen molar-refractivity contribution in [3.63, 3.8) is 0 Å². The van der Waals surface area contributed by atoms with Crippen molar-refractivity contribution in [1.29, 1.82) is 0 Å². The molecule has 3 aromatic heterocycles. The Balaban J connectivity index is 0.000000247. The van der Waals surface area contributed by atoms with E-state index in [1.54, 1.807) is 0 Å². The van der Waals surface area contributed by atoms with Crippen molar-refractivity contribution in [2.75, 3.05) is 78.0 Å². The molecule has 12 aromatic rings. The fourth-order valence-corrected chi connectivity index (χ4v) is 15.3. The van der Waals surface area contributed by atoms with E-state index in [9.17, 15) is 86.9 Å². The lowest BCUT2D eigenvalue weighted by molar-refractivity contribution is -0.138. The maximum atomic E-state index is 15.3. The van der Waals surface area contributed by atoms with E-state index in [0.29, 0.717) is 59.1 Å². The van der Waals surface area contributed by atoms with Crippen LogP contribution in [0.15, 0.2) is 248 Å². The van der Waals surface area contributed by atoms with Crippen molar-refractivity contribution >= 4 is 53.0 Å². The number of thioether (sulfide) groups is 3. The zero-order valence-corrected chi connectivity index (χ0v) is 78.8. The van der Waals surface area contributed by atoms with Gasteiger partial charge in [0.25, 0.3) is 16.7 Å². The van der Waals surface area contributed by atoms with Crippen molar-refractivity contribution in [3.8, 4) is 33.4 Å². The van der Waals surface area contributed by atoms with E-state index in [1.165, 1.54) is 36.4 Å². The average Bonchev–Trinajstić information content (AvgIpc) is 1.52. The molecule has 0 saturated heterocycles. The van der Waals surface area contributed by atoms with Crippen LogP contribution in [0.2, 0.25) is 0 Å². The van der Waals surface area contributed by atoms with Crippen molar-refractivity contribution < 1.29 is 151 Å². The van der Waals surface area contributed by atoms with Gasteiger partial charge in [-0.15, -0.1) is 0 Å². The molecular formula is C111H120F12N12O6S3. The molecule has 9 aromatic carbocycles. The third-order valence-corrected chi connectivity index (χ3v) is 22.6. The summed E-state index contributed by atoms with van der Waals surface area (Å²) >= 11 is -0.459. The van der Waals surface area contributed by atoms with Gasteiger partial charge in [-0.05, 0) is 242 Å². The van der Waals surface area contributed by atoms with Crippen LogP contribution < -0.4 is 16.7 Å². The van der Waals surface area contributed by atoms with Gasteiger partial charge in [0.15, 0.2) is 15.5 Å². The number of amides is 3. The molecule has 3 aliphatic carbocycles. The minimum Gasteiger partial charge on any atom is -0.336 e. The summed E-state index contributed by atoms with van der Waals surface area (Å²) in [4.78, 5) is 95.4. The summed E-state index contributed by atoms with van der Waals surface area (Å²) in [5, 5.41) is -2.93. The van der Waals surface area contributed by atoms with Crippen molar-refractivity contribution in [2.24, 2.45) is 11.8 Å². The van der Waals surface area contributed by atoms with E-state index in [4.69, 9.17) is 68.5 Å². The minimum atomic E-state index is -5.51. The molecule has 0 fully saturated rings. The molecule has 3 atom stereocenters. The Bertz CT molecular complexity index is 9800. The van der Waals surface area contributed by atoms with Crippen LogP contribution in [0.25, 0.3) is 33.4 Å². The van der Waals surface area contributed by atoms with Crippen molar-refractivity contribution in [1.82, 2.24) is 58.1 Å². The van der Waals surface area contributed by atoms with Gasteiger partial charge in [-0.3, -0.25) is 28.8 Å². The molecule has 3 amide bonds. The average molecular weight is 2100 g/mol. The monoisotopic (exact) mass is 2100 g/mol. The normalized spacial score (nSPS) is 24.6. The molecule has 3 heterocycles. The topological polar surface area (TPSA) is 175 Å². The van der Waals surface area contributed by atoms with Gasteiger partial charge in [-0.1, -0.05) is 236 Å². The number of fused-ring (bicyclic) bond motifs is 3. The molecule has 0 spiro atoms. The second-order valence-corrected chi connectivity index (χ2v) is 32.0. The van der Waals surface area contributed by atoms with Gasteiger partial charge in [0.1, 0.15) is 37.1 Å². The largest absolute Gasteiger partial charge is 0.416 e. The third kappa shape index (κ3) is 29.3. The molecule has 0 radical (unpaired) electrons. The summed E-state index contributed by atoms with van der Waals surface area (Å²) < 4.78 is 696. The third-order valence-electron chi connectivity index (χ3n) is 20.2. The lowest BCUT2D eigenvalue weighted by Crippen LogP contribution is -2.42. The van der Waals surface area contributed by atoms with Gasteiger partial charge in [-0.25, -0.2) is 13.2 Å². The molecule has 15 rings (SSSR count).